The Morgan fingerprint density at radius 1 is 1.44 bits per heavy atom. The van der Waals surface area contributed by atoms with E-state index in [1.807, 2.05) is 12.1 Å². The van der Waals surface area contributed by atoms with Gasteiger partial charge in [0, 0.05) is 32.0 Å². The molecule has 4 nitrogen and oxygen atoms in total. The van der Waals surface area contributed by atoms with Gasteiger partial charge in [-0.2, -0.15) is 0 Å². The molecule has 1 aromatic rings. The summed E-state index contributed by atoms with van der Waals surface area (Å²) in [5.74, 6) is 0.830. The Labute approximate surface area is 96.0 Å². The molecule has 0 unspecified atom stereocenters. The van der Waals surface area contributed by atoms with Crippen LogP contribution >= 0.6 is 0 Å². The summed E-state index contributed by atoms with van der Waals surface area (Å²) in [7, 11) is 0. The Morgan fingerprint density at radius 2 is 2.31 bits per heavy atom. The Bertz CT molecular complexity index is 286. The van der Waals surface area contributed by atoms with Gasteiger partial charge in [0.1, 0.15) is 12.4 Å². The molecule has 1 fully saturated rings. The van der Waals surface area contributed by atoms with E-state index < -0.39 is 0 Å². The smallest absolute Gasteiger partial charge is 0.137 e. The van der Waals surface area contributed by atoms with E-state index in [1.54, 1.807) is 12.4 Å². The first-order chi connectivity index (χ1) is 7.95. The average molecular weight is 222 g/mol. The second-order valence-electron chi connectivity index (χ2n) is 3.88. The van der Waals surface area contributed by atoms with Crippen LogP contribution in [0.15, 0.2) is 24.5 Å². The number of nitrogens with one attached hydrogen (secondary N) is 1. The topological polar surface area (TPSA) is 43.4 Å². The number of nitrogens with zero attached hydrogens (tertiary/aromatic N) is 1. The zero-order valence-corrected chi connectivity index (χ0v) is 9.39. The van der Waals surface area contributed by atoms with Crippen LogP contribution in [0.4, 0.5) is 0 Å². The van der Waals surface area contributed by atoms with E-state index in [2.05, 4.69) is 10.3 Å². The molecule has 1 aliphatic rings. The Morgan fingerprint density at radius 3 is 3.06 bits per heavy atom. The van der Waals surface area contributed by atoms with Crippen LogP contribution in [0.2, 0.25) is 0 Å². The van der Waals surface area contributed by atoms with E-state index in [1.165, 1.54) is 0 Å². The van der Waals surface area contributed by atoms with Crippen LogP contribution < -0.4 is 10.1 Å². The molecule has 2 rings (SSSR count). The van der Waals surface area contributed by atoms with Crippen LogP contribution in [0.1, 0.15) is 12.8 Å². The van der Waals surface area contributed by atoms with Crippen LogP contribution in [0, 0.1) is 0 Å². The molecule has 0 saturated carbocycles. The monoisotopic (exact) mass is 222 g/mol. The lowest BCUT2D eigenvalue weighted by Crippen LogP contribution is -2.37. The number of ether oxygens (including phenoxy) is 2. The van der Waals surface area contributed by atoms with Crippen molar-refractivity contribution in [1.82, 2.24) is 10.3 Å². The fourth-order valence-electron chi connectivity index (χ4n) is 1.77. The summed E-state index contributed by atoms with van der Waals surface area (Å²) in [5.41, 5.74) is 0. The van der Waals surface area contributed by atoms with Gasteiger partial charge in [0.25, 0.3) is 0 Å². The first-order valence-electron chi connectivity index (χ1n) is 5.79. The predicted octanol–water partition coefficient (Wildman–Crippen LogP) is 1.23. The van der Waals surface area contributed by atoms with Crippen LogP contribution in [0.25, 0.3) is 0 Å². The maximum absolute atomic E-state index is 5.54. The van der Waals surface area contributed by atoms with Gasteiger partial charge in [-0.05, 0) is 25.0 Å². The number of aromatic nitrogens is 1. The molecule has 0 aromatic carbocycles. The molecule has 0 spiro atoms. The molecule has 1 saturated heterocycles. The minimum atomic E-state index is 0.589. The molecule has 88 valence electrons. The van der Waals surface area contributed by atoms with Crippen molar-refractivity contribution in [3.05, 3.63) is 24.5 Å². The summed E-state index contributed by atoms with van der Waals surface area (Å²) < 4.78 is 10.8. The van der Waals surface area contributed by atoms with Gasteiger partial charge < -0.3 is 14.8 Å². The summed E-state index contributed by atoms with van der Waals surface area (Å²) >= 11 is 0. The standard InChI is InChI=1S/C12H18N2O2/c1-2-12(10-13-5-1)16-9-6-14-11-3-7-15-8-4-11/h1-2,5,10-11,14H,3-4,6-9H2. The zero-order chi connectivity index (χ0) is 11.1. The number of hydrogen-bond acceptors (Lipinski definition) is 4. The first kappa shape index (κ1) is 11.4. The molecule has 1 aliphatic heterocycles. The molecule has 1 aromatic heterocycles. The Hall–Kier alpha value is -1.13. The third-order valence-corrected chi connectivity index (χ3v) is 2.66. The van der Waals surface area contributed by atoms with E-state index in [4.69, 9.17) is 9.47 Å². The highest BCUT2D eigenvalue weighted by Crippen LogP contribution is 2.07. The van der Waals surface area contributed by atoms with Gasteiger partial charge in [-0.1, -0.05) is 0 Å². The summed E-state index contributed by atoms with van der Waals surface area (Å²) in [6, 6.07) is 4.38. The summed E-state index contributed by atoms with van der Waals surface area (Å²) in [6.45, 7) is 3.31. The molecule has 0 radical (unpaired) electrons. The van der Waals surface area contributed by atoms with Gasteiger partial charge in [0.2, 0.25) is 0 Å². The predicted molar refractivity (Wildman–Crippen MR) is 61.6 cm³/mol. The maximum Gasteiger partial charge on any atom is 0.137 e. The number of rotatable bonds is 5. The molecule has 2 heterocycles. The van der Waals surface area contributed by atoms with Crippen molar-refractivity contribution in [2.75, 3.05) is 26.4 Å². The number of pyridine rings is 1. The third-order valence-electron chi connectivity index (χ3n) is 2.66. The summed E-state index contributed by atoms with van der Waals surface area (Å²) in [4.78, 5) is 3.99. The lowest BCUT2D eigenvalue weighted by molar-refractivity contribution is 0.0770. The number of hydrogen-bond donors (Lipinski definition) is 1. The quantitative estimate of drug-likeness (QED) is 0.761. The fourth-order valence-corrected chi connectivity index (χ4v) is 1.77. The van der Waals surface area contributed by atoms with Crippen molar-refractivity contribution >= 4 is 0 Å². The Balaban J connectivity index is 1.58. The van der Waals surface area contributed by atoms with E-state index in [9.17, 15) is 0 Å². The van der Waals surface area contributed by atoms with Crippen molar-refractivity contribution in [2.45, 2.75) is 18.9 Å². The molecule has 0 bridgehead atoms. The van der Waals surface area contributed by atoms with Crippen molar-refractivity contribution in [3.63, 3.8) is 0 Å². The fraction of sp³-hybridized carbons (Fsp3) is 0.583. The largest absolute Gasteiger partial charge is 0.491 e. The molecule has 1 N–H and O–H groups in total. The van der Waals surface area contributed by atoms with E-state index >= 15 is 0 Å². The van der Waals surface area contributed by atoms with Crippen LogP contribution in [0.5, 0.6) is 5.75 Å². The second kappa shape index (κ2) is 6.45. The normalized spacial score (nSPS) is 17.2. The molecule has 4 heteroatoms. The van der Waals surface area contributed by atoms with Crippen molar-refractivity contribution < 1.29 is 9.47 Å². The van der Waals surface area contributed by atoms with Gasteiger partial charge in [0.15, 0.2) is 0 Å². The molecule has 16 heavy (non-hydrogen) atoms. The second-order valence-corrected chi connectivity index (χ2v) is 3.88. The molecule has 0 atom stereocenters. The van der Waals surface area contributed by atoms with Crippen molar-refractivity contribution in [2.24, 2.45) is 0 Å². The van der Waals surface area contributed by atoms with E-state index in [0.717, 1.165) is 38.3 Å². The minimum absolute atomic E-state index is 0.589. The molecule has 0 amide bonds. The van der Waals surface area contributed by atoms with Gasteiger partial charge in [-0.25, -0.2) is 0 Å². The average Bonchev–Trinajstić information content (AvgIpc) is 2.37. The van der Waals surface area contributed by atoms with E-state index in [-0.39, 0.29) is 0 Å². The van der Waals surface area contributed by atoms with Crippen LogP contribution in [0.3, 0.4) is 0 Å². The van der Waals surface area contributed by atoms with Crippen molar-refractivity contribution in [1.29, 1.82) is 0 Å². The molecular weight excluding hydrogens is 204 g/mol. The Kier molecular flexibility index (Phi) is 4.58. The third kappa shape index (κ3) is 3.79. The van der Waals surface area contributed by atoms with Gasteiger partial charge in [0.05, 0.1) is 6.20 Å². The minimum Gasteiger partial charge on any atom is -0.491 e. The van der Waals surface area contributed by atoms with Crippen LogP contribution in [-0.2, 0) is 4.74 Å². The maximum atomic E-state index is 5.54. The lowest BCUT2D eigenvalue weighted by Gasteiger charge is -2.23. The van der Waals surface area contributed by atoms with Crippen molar-refractivity contribution in [3.8, 4) is 5.75 Å². The molecular formula is C12H18N2O2. The highest BCUT2D eigenvalue weighted by molar-refractivity contribution is 5.15. The van der Waals surface area contributed by atoms with Gasteiger partial charge in [-0.3, -0.25) is 4.98 Å². The highest BCUT2D eigenvalue weighted by Gasteiger charge is 2.12. The van der Waals surface area contributed by atoms with Gasteiger partial charge >= 0.3 is 0 Å². The van der Waals surface area contributed by atoms with E-state index in [0.29, 0.717) is 12.6 Å². The first-order valence-corrected chi connectivity index (χ1v) is 5.79. The highest BCUT2D eigenvalue weighted by atomic mass is 16.5. The zero-order valence-electron chi connectivity index (χ0n) is 9.39. The SMILES string of the molecule is c1cncc(OCCNC2CCOCC2)c1. The summed E-state index contributed by atoms with van der Waals surface area (Å²) in [6.07, 6.45) is 5.68. The summed E-state index contributed by atoms with van der Waals surface area (Å²) in [5, 5.41) is 3.47. The lowest BCUT2D eigenvalue weighted by atomic mass is 10.1. The van der Waals surface area contributed by atoms with Crippen LogP contribution in [-0.4, -0.2) is 37.4 Å². The molecule has 0 aliphatic carbocycles. The van der Waals surface area contributed by atoms with Gasteiger partial charge in [-0.15, -0.1) is 0 Å².